The number of amides is 2. The van der Waals surface area contributed by atoms with Gasteiger partial charge in [-0.25, -0.2) is 18.1 Å². The predicted molar refractivity (Wildman–Crippen MR) is 109 cm³/mol. The third-order valence-corrected chi connectivity index (χ3v) is 5.41. The zero-order valence-corrected chi connectivity index (χ0v) is 18.8. The molecule has 0 aliphatic rings. The van der Waals surface area contributed by atoms with Crippen molar-refractivity contribution in [3.05, 3.63) is 16.1 Å². The molecule has 0 fully saturated rings. The second kappa shape index (κ2) is 10.3. The van der Waals surface area contributed by atoms with Crippen LogP contribution in [0.1, 0.15) is 41.9 Å². The van der Waals surface area contributed by atoms with Crippen LogP contribution in [0.4, 0.5) is 0 Å². The lowest BCUT2D eigenvalue weighted by atomic mass is 9.87. The molecule has 160 valence electrons. The molecule has 0 radical (unpaired) electrons. The lowest BCUT2D eigenvalue weighted by Crippen LogP contribution is -2.55. The summed E-state index contributed by atoms with van der Waals surface area (Å²) in [7, 11) is -2.01. The minimum atomic E-state index is -3.56. The molecule has 0 saturated heterocycles. The number of nitrogens with one attached hydrogen (secondary N) is 3. The van der Waals surface area contributed by atoms with Crippen molar-refractivity contribution in [3.8, 4) is 0 Å². The molecule has 28 heavy (non-hydrogen) atoms. The molecule has 3 N–H and O–H groups in total. The fourth-order valence-corrected chi connectivity index (χ4v) is 3.94. The maximum absolute atomic E-state index is 12.6. The number of methoxy groups -OCH3 is 1. The second-order valence-corrected chi connectivity index (χ2v) is 10.6. The second-order valence-electron chi connectivity index (χ2n) is 7.63. The number of hydrogen-bond donors (Lipinski definition) is 3. The SMILES string of the molecule is COCCC(CNC(=O)C(NS(C)(=O)=O)C(C)(C)C)NC(=O)c1cnc(C)s1. The molecular weight excluding hydrogens is 404 g/mol. The number of carbonyl (C=O) groups excluding carboxylic acids is 2. The van der Waals surface area contributed by atoms with E-state index < -0.39 is 27.4 Å². The van der Waals surface area contributed by atoms with Crippen LogP contribution in [0, 0.1) is 12.3 Å². The van der Waals surface area contributed by atoms with Gasteiger partial charge in [-0.15, -0.1) is 11.3 Å². The molecule has 2 atom stereocenters. The monoisotopic (exact) mass is 434 g/mol. The van der Waals surface area contributed by atoms with E-state index in [0.29, 0.717) is 17.9 Å². The Bertz CT molecular complexity index is 771. The molecule has 2 unspecified atom stereocenters. The highest BCUT2D eigenvalue weighted by atomic mass is 32.2. The Morgan fingerprint density at radius 3 is 2.43 bits per heavy atom. The van der Waals surface area contributed by atoms with Gasteiger partial charge in [0.2, 0.25) is 15.9 Å². The average molecular weight is 435 g/mol. The smallest absolute Gasteiger partial charge is 0.263 e. The van der Waals surface area contributed by atoms with Gasteiger partial charge >= 0.3 is 0 Å². The van der Waals surface area contributed by atoms with Crippen LogP contribution in [0.2, 0.25) is 0 Å². The Morgan fingerprint density at radius 2 is 1.96 bits per heavy atom. The topological polar surface area (TPSA) is 126 Å². The summed E-state index contributed by atoms with van der Waals surface area (Å²) >= 11 is 1.28. The standard InChI is InChI=1S/C17H30N4O5S2/c1-11-18-10-13(27-11)15(22)20-12(7-8-26-5)9-19-16(23)14(17(2,3)4)21-28(6,24)25/h10,12,14,21H,7-9H2,1-6H3,(H,19,23)(H,20,22). The number of aromatic nitrogens is 1. The highest BCUT2D eigenvalue weighted by Crippen LogP contribution is 2.20. The van der Waals surface area contributed by atoms with Crippen molar-refractivity contribution in [3.63, 3.8) is 0 Å². The van der Waals surface area contributed by atoms with E-state index in [1.54, 1.807) is 27.9 Å². The third kappa shape index (κ3) is 8.63. The van der Waals surface area contributed by atoms with Gasteiger partial charge in [-0.2, -0.15) is 0 Å². The van der Waals surface area contributed by atoms with Gasteiger partial charge in [-0.3, -0.25) is 9.59 Å². The first-order valence-electron chi connectivity index (χ1n) is 8.80. The number of rotatable bonds is 10. The van der Waals surface area contributed by atoms with Crippen LogP contribution in [0.15, 0.2) is 6.20 Å². The van der Waals surface area contributed by atoms with Crippen LogP contribution in [0.5, 0.6) is 0 Å². The maximum atomic E-state index is 12.6. The van der Waals surface area contributed by atoms with Crippen molar-refractivity contribution in [1.82, 2.24) is 20.3 Å². The minimum Gasteiger partial charge on any atom is -0.385 e. The maximum Gasteiger partial charge on any atom is 0.263 e. The van der Waals surface area contributed by atoms with E-state index in [9.17, 15) is 18.0 Å². The highest BCUT2D eigenvalue weighted by molar-refractivity contribution is 7.88. The fourth-order valence-electron chi connectivity index (χ4n) is 2.37. The van der Waals surface area contributed by atoms with Crippen molar-refractivity contribution < 1.29 is 22.7 Å². The van der Waals surface area contributed by atoms with E-state index in [1.165, 1.54) is 17.5 Å². The quantitative estimate of drug-likeness (QED) is 0.497. The number of nitrogens with zero attached hydrogens (tertiary/aromatic N) is 1. The molecule has 1 aromatic rings. The van der Waals surface area contributed by atoms with Gasteiger partial charge < -0.3 is 15.4 Å². The molecule has 1 rings (SSSR count). The first kappa shape index (κ1) is 24.5. The lowest BCUT2D eigenvalue weighted by Gasteiger charge is -2.30. The summed E-state index contributed by atoms with van der Waals surface area (Å²) in [6, 6.07) is -1.32. The van der Waals surface area contributed by atoms with Gasteiger partial charge in [0, 0.05) is 26.3 Å². The number of sulfonamides is 1. The van der Waals surface area contributed by atoms with Gasteiger partial charge in [0.05, 0.1) is 17.5 Å². The van der Waals surface area contributed by atoms with Gasteiger partial charge in [-0.05, 0) is 18.8 Å². The van der Waals surface area contributed by atoms with Crippen molar-refractivity contribution in [1.29, 1.82) is 0 Å². The van der Waals surface area contributed by atoms with E-state index in [2.05, 4.69) is 20.3 Å². The number of aryl methyl sites for hydroxylation is 1. The highest BCUT2D eigenvalue weighted by Gasteiger charge is 2.33. The summed E-state index contributed by atoms with van der Waals surface area (Å²) in [4.78, 5) is 29.5. The molecule has 0 bridgehead atoms. The zero-order chi connectivity index (χ0) is 21.5. The Kier molecular flexibility index (Phi) is 8.99. The summed E-state index contributed by atoms with van der Waals surface area (Å²) < 4.78 is 30.7. The molecule has 0 aliphatic carbocycles. The summed E-state index contributed by atoms with van der Waals surface area (Å²) in [5.74, 6) is -0.731. The summed E-state index contributed by atoms with van der Waals surface area (Å²) in [5, 5.41) is 6.38. The van der Waals surface area contributed by atoms with Gasteiger partial charge in [0.15, 0.2) is 0 Å². The van der Waals surface area contributed by atoms with Crippen molar-refractivity contribution in [2.75, 3.05) is 26.5 Å². The van der Waals surface area contributed by atoms with Crippen LogP contribution in [-0.4, -0.2) is 63.8 Å². The van der Waals surface area contributed by atoms with Gasteiger partial charge in [0.1, 0.15) is 10.9 Å². The van der Waals surface area contributed by atoms with E-state index in [0.717, 1.165) is 11.3 Å². The molecule has 0 saturated carbocycles. The predicted octanol–water partition coefficient (Wildman–Crippen LogP) is 0.667. The summed E-state index contributed by atoms with van der Waals surface area (Å²) in [6.07, 6.45) is 3.00. The Labute approximate surface area is 170 Å². The summed E-state index contributed by atoms with van der Waals surface area (Å²) in [5.41, 5.74) is -0.626. The molecule has 0 spiro atoms. The minimum absolute atomic E-state index is 0.143. The van der Waals surface area contributed by atoms with E-state index >= 15 is 0 Å². The van der Waals surface area contributed by atoms with Gasteiger partial charge in [0.25, 0.3) is 5.91 Å². The largest absolute Gasteiger partial charge is 0.385 e. The van der Waals surface area contributed by atoms with Crippen molar-refractivity contribution >= 4 is 33.2 Å². The molecule has 1 heterocycles. The number of ether oxygens (including phenoxy) is 1. The van der Waals surface area contributed by atoms with Crippen LogP contribution in [0.25, 0.3) is 0 Å². The van der Waals surface area contributed by atoms with Crippen LogP contribution >= 0.6 is 11.3 Å². The molecule has 2 amide bonds. The third-order valence-electron chi connectivity index (χ3n) is 3.83. The van der Waals surface area contributed by atoms with E-state index in [-0.39, 0.29) is 18.5 Å². The Morgan fingerprint density at radius 1 is 1.32 bits per heavy atom. The average Bonchev–Trinajstić information content (AvgIpc) is 2.99. The first-order valence-corrected chi connectivity index (χ1v) is 11.5. The number of thiazole rings is 1. The molecular formula is C17H30N4O5S2. The molecule has 0 aromatic carbocycles. The molecule has 0 aliphatic heterocycles. The molecule has 11 heteroatoms. The van der Waals surface area contributed by atoms with Gasteiger partial charge in [-0.1, -0.05) is 20.8 Å². The number of hydrogen-bond acceptors (Lipinski definition) is 7. The normalized spacial score (nSPS) is 14.4. The number of carbonyl (C=O) groups is 2. The zero-order valence-electron chi connectivity index (χ0n) is 17.2. The van der Waals surface area contributed by atoms with Crippen molar-refractivity contribution in [2.24, 2.45) is 5.41 Å². The molecule has 1 aromatic heterocycles. The lowest BCUT2D eigenvalue weighted by molar-refractivity contribution is -0.125. The van der Waals surface area contributed by atoms with E-state index in [1.807, 2.05) is 6.92 Å². The first-order chi connectivity index (χ1) is 12.8. The summed E-state index contributed by atoms with van der Waals surface area (Å²) in [6.45, 7) is 7.66. The van der Waals surface area contributed by atoms with Crippen LogP contribution in [-0.2, 0) is 19.6 Å². The van der Waals surface area contributed by atoms with Crippen molar-refractivity contribution in [2.45, 2.75) is 46.2 Å². The Hall–Kier alpha value is -1.56. The van der Waals surface area contributed by atoms with E-state index in [4.69, 9.17) is 4.74 Å². The van der Waals surface area contributed by atoms with Crippen LogP contribution < -0.4 is 15.4 Å². The van der Waals surface area contributed by atoms with Crippen LogP contribution in [0.3, 0.4) is 0 Å². The fraction of sp³-hybridized carbons (Fsp3) is 0.706. The molecule has 9 nitrogen and oxygen atoms in total. The Balaban J connectivity index is 2.79.